The van der Waals surface area contributed by atoms with Gasteiger partial charge in [0.05, 0.1) is 10.6 Å². The zero-order valence-electron chi connectivity index (χ0n) is 12.8. The molecule has 0 radical (unpaired) electrons. The van der Waals surface area contributed by atoms with Crippen LogP contribution in [-0.2, 0) is 14.8 Å². The average molecular weight is 325 g/mol. The van der Waals surface area contributed by atoms with Crippen LogP contribution in [0.1, 0.15) is 13.8 Å². The fourth-order valence-corrected chi connectivity index (χ4v) is 3.50. The summed E-state index contributed by atoms with van der Waals surface area (Å²) in [6.45, 7) is 3.30. The summed E-state index contributed by atoms with van der Waals surface area (Å²) >= 11 is 0. The minimum absolute atomic E-state index is 0.0907. The first-order valence-corrected chi connectivity index (χ1v) is 8.56. The maximum Gasteiger partial charge on any atom is 0.282 e. The van der Waals surface area contributed by atoms with Crippen molar-refractivity contribution in [3.63, 3.8) is 0 Å². The van der Waals surface area contributed by atoms with Gasteiger partial charge in [0.25, 0.3) is 10.0 Å². The van der Waals surface area contributed by atoms with Crippen molar-refractivity contribution < 1.29 is 13.2 Å². The van der Waals surface area contributed by atoms with Crippen molar-refractivity contribution in [3.05, 3.63) is 65.8 Å². The Morgan fingerprint density at radius 2 is 1.48 bits per heavy atom. The standard InChI is InChI=1S/C18H15NO3S/c1-12-9-16(10-13(2)18(12)20)19-23(21,22)17-8-7-14-5-3-4-6-15(14)11-17/h3-11H,1-2H3. The van der Waals surface area contributed by atoms with Gasteiger partial charge in [0.2, 0.25) is 0 Å². The molecule has 0 saturated carbocycles. The first-order chi connectivity index (χ1) is 10.9. The zero-order chi connectivity index (χ0) is 16.6. The summed E-state index contributed by atoms with van der Waals surface area (Å²) in [4.78, 5) is 11.8. The number of carbonyl (C=O) groups excluding carboxylic acids is 1. The van der Waals surface area contributed by atoms with Crippen molar-refractivity contribution in [1.29, 1.82) is 0 Å². The number of hydrogen-bond donors (Lipinski definition) is 0. The molecule has 5 heteroatoms. The number of hydrogen-bond acceptors (Lipinski definition) is 3. The van der Waals surface area contributed by atoms with Gasteiger partial charge in [-0.3, -0.25) is 4.79 Å². The Kier molecular flexibility index (Phi) is 3.74. The number of benzene rings is 2. The number of allylic oxidation sites excluding steroid dienone is 4. The van der Waals surface area contributed by atoms with Crippen molar-refractivity contribution in [3.8, 4) is 0 Å². The maximum absolute atomic E-state index is 12.5. The topological polar surface area (TPSA) is 63.6 Å². The Balaban J connectivity index is 2.07. The quantitative estimate of drug-likeness (QED) is 0.795. The summed E-state index contributed by atoms with van der Waals surface area (Å²) < 4.78 is 28.9. The molecule has 116 valence electrons. The Morgan fingerprint density at radius 1 is 0.870 bits per heavy atom. The molecule has 2 aromatic carbocycles. The van der Waals surface area contributed by atoms with Gasteiger partial charge < -0.3 is 0 Å². The molecule has 3 rings (SSSR count). The molecule has 1 aliphatic rings. The highest BCUT2D eigenvalue weighted by atomic mass is 32.2. The normalized spacial score (nSPS) is 15.4. The van der Waals surface area contributed by atoms with E-state index in [1.54, 1.807) is 32.0 Å². The molecule has 0 aliphatic heterocycles. The van der Waals surface area contributed by atoms with Gasteiger partial charge in [-0.15, -0.1) is 0 Å². The predicted molar refractivity (Wildman–Crippen MR) is 91.1 cm³/mol. The van der Waals surface area contributed by atoms with Gasteiger partial charge in [-0.2, -0.15) is 12.8 Å². The van der Waals surface area contributed by atoms with Crippen molar-refractivity contribution in [2.45, 2.75) is 18.7 Å². The van der Waals surface area contributed by atoms with Crippen LogP contribution in [0.5, 0.6) is 0 Å². The van der Waals surface area contributed by atoms with Crippen molar-refractivity contribution in [1.82, 2.24) is 0 Å². The third-order valence-corrected chi connectivity index (χ3v) is 4.99. The van der Waals surface area contributed by atoms with Crippen molar-refractivity contribution in [2.75, 3.05) is 0 Å². The molecular weight excluding hydrogens is 310 g/mol. The summed E-state index contributed by atoms with van der Waals surface area (Å²) in [6.07, 6.45) is 2.99. The minimum Gasteiger partial charge on any atom is -0.289 e. The van der Waals surface area contributed by atoms with Crippen LogP contribution in [0.15, 0.2) is 75.1 Å². The molecule has 0 atom stereocenters. The van der Waals surface area contributed by atoms with Gasteiger partial charge in [0, 0.05) is 0 Å². The van der Waals surface area contributed by atoms with E-state index in [0.29, 0.717) is 11.1 Å². The molecule has 0 bridgehead atoms. The van der Waals surface area contributed by atoms with E-state index < -0.39 is 10.0 Å². The molecule has 0 heterocycles. The van der Waals surface area contributed by atoms with Gasteiger partial charge in [0.1, 0.15) is 0 Å². The second-order valence-electron chi connectivity index (χ2n) is 5.48. The number of Topliss-reactive ketones (excluding diaryl/α,β-unsaturated/α-hetero) is 1. The molecule has 0 spiro atoms. The molecule has 1 aliphatic carbocycles. The molecular formula is C18H15NO3S. The molecule has 2 aromatic rings. The van der Waals surface area contributed by atoms with Crippen LogP contribution < -0.4 is 0 Å². The highest BCUT2D eigenvalue weighted by molar-refractivity contribution is 7.90. The van der Waals surface area contributed by atoms with E-state index in [1.807, 2.05) is 24.3 Å². The summed E-state index contributed by atoms with van der Waals surface area (Å²) in [5, 5.41) is 1.81. The first-order valence-electron chi connectivity index (χ1n) is 7.12. The zero-order valence-corrected chi connectivity index (χ0v) is 13.6. The number of fused-ring (bicyclic) bond motifs is 1. The van der Waals surface area contributed by atoms with Crippen molar-refractivity contribution >= 4 is 32.3 Å². The van der Waals surface area contributed by atoms with Crippen LogP contribution in [0, 0.1) is 0 Å². The van der Waals surface area contributed by atoms with Gasteiger partial charge in [-0.25, -0.2) is 0 Å². The number of ketones is 1. The van der Waals surface area contributed by atoms with Crippen LogP contribution in [-0.4, -0.2) is 19.9 Å². The van der Waals surface area contributed by atoms with Gasteiger partial charge in [0.15, 0.2) is 5.78 Å². The van der Waals surface area contributed by atoms with Crippen LogP contribution in [0.25, 0.3) is 10.8 Å². The molecule has 0 fully saturated rings. The van der Waals surface area contributed by atoms with E-state index in [4.69, 9.17) is 0 Å². The van der Waals surface area contributed by atoms with Gasteiger partial charge >= 0.3 is 0 Å². The number of rotatable bonds is 2. The Labute approximate surface area is 134 Å². The summed E-state index contributed by atoms with van der Waals surface area (Å²) in [6, 6.07) is 12.4. The summed E-state index contributed by atoms with van der Waals surface area (Å²) in [7, 11) is -3.83. The lowest BCUT2D eigenvalue weighted by Crippen LogP contribution is -2.12. The second kappa shape index (κ2) is 5.59. The monoisotopic (exact) mass is 325 g/mol. The van der Waals surface area contributed by atoms with E-state index in [1.165, 1.54) is 12.2 Å². The summed E-state index contributed by atoms with van der Waals surface area (Å²) in [5.74, 6) is -0.0907. The Hall–Kier alpha value is -2.53. The second-order valence-corrected chi connectivity index (χ2v) is 7.09. The molecule has 0 saturated heterocycles. The minimum atomic E-state index is -3.83. The van der Waals surface area contributed by atoms with E-state index >= 15 is 0 Å². The highest BCUT2D eigenvalue weighted by Gasteiger charge is 2.18. The number of carbonyl (C=O) groups is 1. The maximum atomic E-state index is 12.5. The van der Waals surface area contributed by atoms with E-state index in [0.717, 1.165) is 10.8 Å². The van der Waals surface area contributed by atoms with Gasteiger partial charge in [-0.1, -0.05) is 30.3 Å². The van der Waals surface area contributed by atoms with E-state index in [-0.39, 0.29) is 16.4 Å². The third-order valence-electron chi connectivity index (χ3n) is 3.69. The van der Waals surface area contributed by atoms with Crippen LogP contribution in [0.4, 0.5) is 0 Å². The number of sulfonamides is 1. The third kappa shape index (κ3) is 3.00. The molecule has 0 N–H and O–H groups in total. The number of nitrogens with zero attached hydrogens (tertiary/aromatic N) is 1. The fourth-order valence-electron chi connectivity index (χ4n) is 2.50. The van der Waals surface area contributed by atoms with Crippen LogP contribution in [0.2, 0.25) is 0 Å². The van der Waals surface area contributed by atoms with Crippen LogP contribution >= 0.6 is 0 Å². The molecule has 23 heavy (non-hydrogen) atoms. The van der Waals surface area contributed by atoms with Crippen LogP contribution in [0.3, 0.4) is 0 Å². The Bertz CT molecular complexity index is 987. The van der Waals surface area contributed by atoms with Gasteiger partial charge in [-0.05, 0) is 60.1 Å². The van der Waals surface area contributed by atoms with Crippen molar-refractivity contribution in [2.24, 2.45) is 4.40 Å². The van der Waals surface area contributed by atoms with E-state index in [9.17, 15) is 13.2 Å². The average Bonchev–Trinajstić information content (AvgIpc) is 2.51. The predicted octanol–water partition coefficient (Wildman–Crippen LogP) is 3.44. The lowest BCUT2D eigenvalue weighted by Gasteiger charge is -2.09. The molecule has 0 aromatic heterocycles. The lowest BCUT2D eigenvalue weighted by molar-refractivity contribution is -0.112. The smallest absolute Gasteiger partial charge is 0.282 e. The largest absolute Gasteiger partial charge is 0.289 e. The first kappa shape index (κ1) is 15.4. The molecule has 0 amide bonds. The highest BCUT2D eigenvalue weighted by Crippen LogP contribution is 2.21. The molecule has 4 nitrogen and oxygen atoms in total. The lowest BCUT2D eigenvalue weighted by atomic mass is 9.98. The SMILES string of the molecule is CC1=CC(=NS(=O)(=O)c2ccc3ccccc3c2)C=C(C)C1=O. The van der Waals surface area contributed by atoms with E-state index in [2.05, 4.69) is 4.40 Å². The Morgan fingerprint density at radius 3 is 2.13 bits per heavy atom. The fraction of sp³-hybridized carbons (Fsp3) is 0.111. The molecule has 0 unspecified atom stereocenters. The summed E-state index contributed by atoms with van der Waals surface area (Å²) in [5.41, 5.74) is 1.24.